The van der Waals surface area contributed by atoms with E-state index in [1.165, 1.54) is 6.26 Å². The Balaban J connectivity index is 1.73. The van der Waals surface area contributed by atoms with Gasteiger partial charge in [-0.1, -0.05) is 12.1 Å². The van der Waals surface area contributed by atoms with E-state index in [9.17, 15) is 8.42 Å². The Morgan fingerprint density at radius 1 is 1.04 bits per heavy atom. The van der Waals surface area contributed by atoms with Crippen molar-refractivity contribution in [2.24, 2.45) is 0 Å². The second-order valence-corrected chi connectivity index (χ2v) is 7.94. The summed E-state index contributed by atoms with van der Waals surface area (Å²) in [5.41, 5.74) is 2.54. The van der Waals surface area contributed by atoms with E-state index in [2.05, 4.69) is 0 Å². The van der Waals surface area contributed by atoms with E-state index < -0.39 is 9.84 Å². The van der Waals surface area contributed by atoms with Crippen molar-refractivity contribution in [2.75, 3.05) is 6.26 Å². The molecule has 4 rings (SSSR count). The Kier molecular flexibility index (Phi) is 3.69. The molecular formula is C19H16N2O3S. The quantitative estimate of drug-likeness (QED) is 0.561. The number of hydrogen-bond donors (Lipinski definition) is 0. The molecule has 6 heteroatoms. The Bertz CT molecular complexity index is 1130. The molecule has 0 N–H and O–H groups in total. The summed E-state index contributed by atoms with van der Waals surface area (Å²) in [4.78, 5) is 5.05. The minimum Gasteiger partial charge on any atom is -0.467 e. The summed E-state index contributed by atoms with van der Waals surface area (Å²) >= 11 is 0. The molecule has 4 aromatic rings. The lowest BCUT2D eigenvalue weighted by Crippen LogP contribution is -1.99. The SMILES string of the molecule is CS(=O)(=O)c1ccc(-c2ccc3ccn(Cc4ccco4)c3n2)cc1. The van der Waals surface area contributed by atoms with Crippen LogP contribution in [0, 0.1) is 0 Å². The second-order valence-electron chi connectivity index (χ2n) is 5.93. The van der Waals surface area contributed by atoms with E-state index in [4.69, 9.17) is 9.40 Å². The molecule has 25 heavy (non-hydrogen) atoms. The van der Waals surface area contributed by atoms with Gasteiger partial charge in [0.15, 0.2) is 9.84 Å². The van der Waals surface area contributed by atoms with Crippen molar-refractivity contribution in [1.82, 2.24) is 9.55 Å². The molecule has 0 aliphatic carbocycles. The molecule has 0 aliphatic heterocycles. The Morgan fingerprint density at radius 2 is 1.84 bits per heavy atom. The molecule has 0 atom stereocenters. The van der Waals surface area contributed by atoms with Crippen LogP contribution in [0.2, 0.25) is 0 Å². The van der Waals surface area contributed by atoms with Gasteiger partial charge in [-0.2, -0.15) is 0 Å². The fourth-order valence-electron chi connectivity index (χ4n) is 2.79. The van der Waals surface area contributed by atoms with Crippen LogP contribution in [-0.2, 0) is 16.4 Å². The fourth-order valence-corrected chi connectivity index (χ4v) is 3.42. The topological polar surface area (TPSA) is 65.1 Å². The van der Waals surface area contributed by atoms with Crippen molar-refractivity contribution in [3.05, 3.63) is 72.8 Å². The molecular weight excluding hydrogens is 336 g/mol. The van der Waals surface area contributed by atoms with Crippen LogP contribution in [0.15, 0.2) is 76.4 Å². The number of fused-ring (bicyclic) bond motifs is 1. The molecule has 5 nitrogen and oxygen atoms in total. The molecule has 3 aromatic heterocycles. The highest BCUT2D eigenvalue weighted by Gasteiger charge is 2.10. The number of furan rings is 1. The smallest absolute Gasteiger partial charge is 0.175 e. The fraction of sp³-hybridized carbons (Fsp3) is 0.105. The highest BCUT2D eigenvalue weighted by atomic mass is 32.2. The van der Waals surface area contributed by atoms with Gasteiger partial charge in [-0.05, 0) is 42.5 Å². The lowest BCUT2D eigenvalue weighted by atomic mass is 10.1. The van der Waals surface area contributed by atoms with E-state index >= 15 is 0 Å². The highest BCUT2D eigenvalue weighted by molar-refractivity contribution is 7.90. The number of nitrogens with zero attached hydrogens (tertiary/aromatic N) is 2. The summed E-state index contributed by atoms with van der Waals surface area (Å²) in [6.45, 7) is 0.611. The first-order chi connectivity index (χ1) is 12.0. The average molecular weight is 352 g/mol. The summed E-state index contributed by atoms with van der Waals surface area (Å²) < 4.78 is 30.6. The van der Waals surface area contributed by atoms with Gasteiger partial charge < -0.3 is 8.98 Å². The molecule has 0 fully saturated rings. The molecule has 3 heterocycles. The van der Waals surface area contributed by atoms with E-state index in [1.807, 2.05) is 41.1 Å². The molecule has 0 unspecified atom stereocenters. The number of aromatic nitrogens is 2. The van der Waals surface area contributed by atoms with Gasteiger partial charge in [0, 0.05) is 23.4 Å². The Morgan fingerprint density at radius 3 is 2.52 bits per heavy atom. The average Bonchev–Trinajstić information content (AvgIpc) is 3.24. The largest absolute Gasteiger partial charge is 0.467 e. The van der Waals surface area contributed by atoms with Crippen LogP contribution in [0.5, 0.6) is 0 Å². The zero-order valence-corrected chi connectivity index (χ0v) is 14.4. The summed E-state index contributed by atoms with van der Waals surface area (Å²) in [6, 6.07) is 16.5. The summed E-state index contributed by atoms with van der Waals surface area (Å²) in [7, 11) is -3.20. The van der Waals surface area contributed by atoms with E-state index in [0.29, 0.717) is 11.4 Å². The van der Waals surface area contributed by atoms with Gasteiger partial charge in [0.1, 0.15) is 11.4 Å². The standard InChI is InChI=1S/C19H16N2O3S/c1-25(22,23)17-7-4-14(5-8-17)18-9-6-15-10-11-21(19(15)20-18)13-16-3-2-12-24-16/h2-12H,13H2,1H3. The monoisotopic (exact) mass is 352 g/mol. The van der Waals surface area contributed by atoms with Gasteiger partial charge in [0.05, 0.1) is 23.4 Å². The first kappa shape index (κ1) is 15.7. The predicted octanol–water partition coefficient (Wildman–Crippen LogP) is 3.75. The van der Waals surface area contributed by atoms with Crippen LogP contribution in [0.4, 0.5) is 0 Å². The third-order valence-electron chi connectivity index (χ3n) is 4.10. The maximum absolute atomic E-state index is 11.6. The summed E-state index contributed by atoms with van der Waals surface area (Å²) in [5.74, 6) is 0.863. The Hall–Kier alpha value is -2.86. The molecule has 0 bridgehead atoms. The van der Waals surface area contributed by atoms with E-state index in [0.717, 1.165) is 28.1 Å². The van der Waals surface area contributed by atoms with Crippen LogP contribution in [0.1, 0.15) is 5.76 Å². The van der Waals surface area contributed by atoms with Crippen LogP contribution in [0.25, 0.3) is 22.3 Å². The molecule has 0 radical (unpaired) electrons. The van der Waals surface area contributed by atoms with Crippen molar-refractivity contribution in [1.29, 1.82) is 0 Å². The maximum Gasteiger partial charge on any atom is 0.175 e. The van der Waals surface area contributed by atoms with Crippen LogP contribution >= 0.6 is 0 Å². The van der Waals surface area contributed by atoms with Crippen molar-refractivity contribution in [3.8, 4) is 11.3 Å². The molecule has 0 spiro atoms. The first-order valence-electron chi connectivity index (χ1n) is 7.79. The Labute approximate surface area is 145 Å². The predicted molar refractivity (Wildman–Crippen MR) is 96.1 cm³/mol. The van der Waals surface area contributed by atoms with Crippen LogP contribution < -0.4 is 0 Å². The van der Waals surface area contributed by atoms with Gasteiger partial charge in [-0.15, -0.1) is 0 Å². The molecule has 0 amide bonds. The number of pyridine rings is 1. The molecule has 0 aliphatic rings. The minimum atomic E-state index is -3.20. The van der Waals surface area contributed by atoms with Gasteiger partial charge in [0.25, 0.3) is 0 Å². The van der Waals surface area contributed by atoms with Crippen LogP contribution in [0.3, 0.4) is 0 Å². The van der Waals surface area contributed by atoms with E-state index in [-0.39, 0.29) is 0 Å². The van der Waals surface area contributed by atoms with Crippen molar-refractivity contribution in [2.45, 2.75) is 11.4 Å². The summed E-state index contributed by atoms with van der Waals surface area (Å²) in [5, 5.41) is 1.04. The molecule has 1 aromatic carbocycles. The van der Waals surface area contributed by atoms with Crippen molar-refractivity contribution < 1.29 is 12.8 Å². The van der Waals surface area contributed by atoms with Gasteiger partial charge >= 0.3 is 0 Å². The second kappa shape index (κ2) is 5.89. The maximum atomic E-state index is 11.6. The number of benzene rings is 1. The number of sulfone groups is 1. The molecule has 126 valence electrons. The first-order valence-corrected chi connectivity index (χ1v) is 9.69. The van der Waals surface area contributed by atoms with Crippen molar-refractivity contribution >= 4 is 20.9 Å². The summed E-state index contributed by atoms with van der Waals surface area (Å²) in [6.07, 6.45) is 4.84. The third kappa shape index (κ3) is 3.08. The van der Waals surface area contributed by atoms with Crippen LogP contribution in [-0.4, -0.2) is 24.2 Å². The third-order valence-corrected chi connectivity index (χ3v) is 5.22. The van der Waals surface area contributed by atoms with E-state index in [1.54, 1.807) is 30.5 Å². The zero-order valence-electron chi connectivity index (χ0n) is 13.6. The highest BCUT2D eigenvalue weighted by Crippen LogP contribution is 2.23. The van der Waals surface area contributed by atoms with Gasteiger partial charge in [-0.25, -0.2) is 13.4 Å². The lowest BCUT2D eigenvalue weighted by molar-refractivity contribution is 0.496. The molecule has 0 saturated carbocycles. The minimum absolute atomic E-state index is 0.304. The van der Waals surface area contributed by atoms with Gasteiger partial charge in [-0.3, -0.25) is 0 Å². The van der Waals surface area contributed by atoms with Gasteiger partial charge in [0.2, 0.25) is 0 Å². The normalized spacial score (nSPS) is 11.9. The number of rotatable bonds is 4. The molecule has 0 saturated heterocycles. The lowest BCUT2D eigenvalue weighted by Gasteiger charge is -2.06. The zero-order chi connectivity index (χ0) is 17.4. The van der Waals surface area contributed by atoms with Crippen molar-refractivity contribution in [3.63, 3.8) is 0 Å². The number of hydrogen-bond acceptors (Lipinski definition) is 4.